The second-order valence-corrected chi connectivity index (χ2v) is 3.93. The van der Waals surface area contributed by atoms with Gasteiger partial charge in [-0.25, -0.2) is 4.79 Å². The van der Waals surface area contributed by atoms with Gasteiger partial charge < -0.3 is 15.2 Å². The molecule has 0 rings (SSSR count). The quantitative estimate of drug-likeness (QED) is 0.500. The molecule has 94 valence electrons. The van der Waals surface area contributed by atoms with E-state index in [4.69, 9.17) is 0 Å². The summed E-state index contributed by atoms with van der Waals surface area (Å²) in [6.07, 6.45) is 3.23. The zero-order valence-corrected chi connectivity index (χ0v) is 10.3. The summed E-state index contributed by atoms with van der Waals surface area (Å²) < 4.78 is 9.19. The van der Waals surface area contributed by atoms with Crippen molar-refractivity contribution in [3.63, 3.8) is 0 Å². The number of hydrogen-bond donors (Lipinski definition) is 1. The molecule has 0 aromatic rings. The van der Waals surface area contributed by atoms with E-state index in [0.717, 1.165) is 19.3 Å². The van der Waals surface area contributed by atoms with Gasteiger partial charge in [-0.3, -0.25) is 4.79 Å². The van der Waals surface area contributed by atoms with Gasteiger partial charge in [0.25, 0.3) is 0 Å². The van der Waals surface area contributed by atoms with Crippen LogP contribution in [0.25, 0.3) is 0 Å². The summed E-state index contributed by atoms with van der Waals surface area (Å²) >= 11 is 0. The van der Waals surface area contributed by atoms with Crippen molar-refractivity contribution in [3.05, 3.63) is 0 Å². The van der Waals surface area contributed by atoms with Crippen molar-refractivity contribution in [1.29, 1.82) is 0 Å². The Balaban J connectivity index is 3.60. The van der Waals surface area contributed by atoms with E-state index in [0.29, 0.717) is 6.42 Å². The summed E-state index contributed by atoms with van der Waals surface area (Å²) in [5, 5.41) is 0. The standard InChI is InChI=1S/C11H21NO4/c1-8(10(13)15-2)6-4-5-7-9(12)11(14)16-3/h8-9H,4-7,12H2,1-3H3/p+1. The number of quaternary nitrogens is 1. The lowest BCUT2D eigenvalue weighted by molar-refractivity contribution is -0.409. The molecule has 2 atom stereocenters. The average molecular weight is 232 g/mol. The van der Waals surface area contributed by atoms with Crippen LogP contribution in [-0.2, 0) is 19.1 Å². The van der Waals surface area contributed by atoms with Crippen LogP contribution in [0.4, 0.5) is 0 Å². The zero-order valence-electron chi connectivity index (χ0n) is 10.3. The fraction of sp³-hybridized carbons (Fsp3) is 0.818. The van der Waals surface area contributed by atoms with E-state index >= 15 is 0 Å². The lowest BCUT2D eigenvalue weighted by Gasteiger charge is -2.09. The number of carbonyl (C=O) groups excluding carboxylic acids is 2. The van der Waals surface area contributed by atoms with E-state index in [1.807, 2.05) is 6.92 Å². The molecule has 3 N–H and O–H groups in total. The maximum Gasteiger partial charge on any atom is 0.364 e. The van der Waals surface area contributed by atoms with Gasteiger partial charge in [0.05, 0.1) is 20.1 Å². The predicted molar refractivity (Wildman–Crippen MR) is 58.3 cm³/mol. The first-order valence-electron chi connectivity index (χ1n) is 5.51. The minimum absolute atomic E-state index is 0.0774. The zero-order chi connectivity index (χ0) is 12.6. The third kappa shape index (κ3) is 5.70. The van der Waals surface area contributed by atoms with Gasteiger partial charge >= 0.3 is 11.9 Å². The Hall–Kier alpha value is -1.10. The first kappa shape index (κ1) is 14.9. The van der Waals surface area contributed by atoms with E-state index in [1.165, 1.54) is 14.2 Å². The molecule has 0 aliphatic rings. The van der Waals surface area contributed by atoms with Crippen LogP contribution in [0.3, 0.4) is 0 Å². The Bertz CT molecular complexity index is 206. The number of unbranched alkanes of at least 4 members (excludes halogenated alkanes) is 1. The number of methoxy groups -OCH3 is 2. The maximum absolute atomic E-state index is 11.1. The number of ether oxygens (including phenoxy) is 2. The summed E-state index contributed by atoms with van der Waals surface area (Å²) in [5.74, 6) is -0.536. The van der Waals surface area contributed by atoms with E-state index in [1.54, 1.807) is 0 Å². The predicted octanol–water partition coefficient (Wildman–Crippen LogP) is 0.139. The average Bonchev–Trinajstić information content (AvgIpc) is 2.31. The molecule has 0 radical (unpaired) electrons. The number of carbonyl (C=O) groups is 2. The molecule has 16 heavy (non-hydrogen) atoms. The Kier molecular flexibility index (Phi) is 7.54. The summed E-state index contributed by atoms with van der Waals surface area (Å²) in [6, 6.07) is -0.307. The minimum atomic E-state index is -0.307. The van der Waals surface area contributed by atoms with Crippen LogP contribution < -0.4 is 5.73 Å². The van der Waals surface area contributed by atoms with Crippen molar-refractivity contribution < 1.29 is 24.8 Å². The summed E-state index contributed by atoms with van der Waals surface area (Å²) in [5.41, 5.74) is 3.71. The second kappa shape index (κ2) is 8.10. The summed E-state index contributed by atoms with van der Waals surface area (Å²) in [4.78, 5) is 22.1. The Labute approximate surface area is 96.3 Å². The summed E-state index contributed by atoms with van der Waals surface area (Å²) in [6.45, 7) is 1.84. The van der Waals surface area contributed by atoms with E-state index in [9.17, 15) is 9.59 Å². The molecule has 0 bridgehead atoms. The van der Waals surface area contributed by atoms with E-state index < -0.39 is 0 Å². The molecule has 0 amide bonds. The van der Waals surface area contributed by atoms with Crippen LogP contribution in [-0.4, -0.2) is 32.2 Å². The van der Waals surface area contributed by atoms with Gasteiger partial charge in [0.2, 0.25) is 0 Å². The van der Waals surface area contributed by atoms with Crippen molar-refractivity contribution in [1.82, 2.24) is 0 Å². The van der Waals surface area contributed by atoms with Crippen molar-refractivity contribution in [2.24, 2.45) is 5.92 Å². The van der Waals surface area contributed by atoms with Crippen LogP contribution in [0.5, 0.6) is 0 Å². The fourth-order valence-electron chi connectivity index (χ4n) is 1.44. The maximum atomic E-state index is 11.1. The van der Waals surface area contributed by atoms with Gasteiger partial charge in [0.1, 0.15) is 0 Å². The van der Waals surface area contributed by atoms with Crippen LogP contribution in [0, 0.1) is 5.92 Å². The summed E-state index contributed by atoms with van der Waals surface area (Å²) in [7, 11) is 2.75. The molecule has 0 spiro atoms. The lowest BCUT2D eigenvalue weighted by atomic mass is 10.0. The first-order chi connectivity index (χ1) is 7.52. The van der Waals surface area contributed by atoms with E-state index in [2.05, 4.69) is 15.2 Å². The third-order valence-corrected chi connectivity index (χ3v) is 2.58. The highest BCUT2D eigenvalue weighted by Crippen LogP contribution is 2.11. The molecule has 0 heterocycles. The Morgan fingerprint density at radius 2 is 1.56 bits per heavy atom. The third-order valence-electron chi connectivity index (χ3n) is 2.58. The molecular weight excluding hydrogens is 210 g/mol. The van der Waals surface area contributed by atoms with Crippen LogP contribution in [0.2, 0.25) is 0 Å². The highest BCUT2D eigenvalue weighted by atomic mass is 16.5. The highest BCUT2D eigenvalue weighted by Gasteiger charge is 2.17. The molecule has 0 aromatic carbocycles. The van der Waals surface area contributed by atoms with Crippen molar-refractivity contribution in [2.75, 3.05) is 14.2 Å². The van der Waals surface area contributed by atoms with Crippen molar-refractivity contribution >= 4 is 11.9 Å². The van der Waals surface area contributed by atoms with Crippen LogP contribution in [0.1, 0.15) is 32.6 Å². The SMILES string of the molecule is COC(=O)C(C)CCCCC([NH3+])C(=O)OC. The van der Waals surface area contributed by atoms with Crippen molar-refractivity contribution in [2.45, 2.75) is 38.6 Å². The molecular formula is C11H22NO4+. The van der Waals surface area contributed by atoms with Crippen LogP contribution in [0.15, 0.2) is 0 Å². The number of rotatable bonds is 7. The second-order valence-electron chi connectivity index (χ2n) is 3.93. The molecule has 0 saturated carbocycles. The van der Waals surface area contributed by atoms with Gasteiger partial charge in [0.15, 0.2) is 6.04 Å². The fourth-order valence-corrected chi connectivity index (χ4v) is 1.44. The number of hydrogen-bond acceptors (Lipinski definition) is 4. The molecule has 0 fully saturated rings. The monoisotopic (exact) mass is 232 g/mol. The highest BCUT2D eigenvalue weighted by molar-refractivity contribution is 5.73. The smallest absolute Gasteiger partial charge is 0.364 e. The molecule has 2 unspecified atom stereocenters. The molecule has 5 nitrogen and oxygen atoms in total. The van der Waals surface area contributed by atoms with Crippen molar-refractivity contribution in [3.8, 4) is 0 Å². The van der Waals surface area contributed by atoms with E-state index in [-0.39, 0.29) is 23.9 Å². The van der Waals surface area contributed by atoms with Gasteiger partial charge in [-0.15, -0.1) is 0 Å². The lowest BCUT2D eigenvalue weighted by Crippen LogP contribution is -2.65. The van der Waals surface area contributed by atoms with Gasteiger partial charge in [-0.05, 0) is 12.8 Å². The minimum Gasteiger partial charge on any atom is -0.469 e. The number of esters is 2. The topological polar surface area (TPSA) is 80.2 Å². The molecule has 0 aliphatic heterocycles. The largest absolute Gasteiger partial charge is 0.469 e. The molecule has 5 heteroatoms. The normalized spacial score (nSPS) is 14.0. The Morgan fingerprint density at radius 3 is 2.06 bits per heavy atom. The first-order valence-corrected chi connectivity index (χ1v) is 5.51. The molecule has 0 aliphatic carbocycles. The molecule has 0 aromatic heterocycles. The van der Waals surface area contributed by atoms with Gasteiger partial charge in [-0.1, -0.05) is 13.3 Å². The van der Waals surface area contributed by atoms with Gasteiger partial charge in [-0.2, -0.15) is 0 Å². The molecule has 0 saturated heterocycles. The van der Waals surface area contributed by atoms with Crippen LogP contribution >= 0.6 is 0 Å². The Morgan fingerprint density at radius 1 is 1.06 bits per heavy atom. The van der Waals surface area contributed by atoms with Gasteiger partial charge in [0, 0.05) is 6.42 Å².